The van der Waals surface area contributed by atoms with Gasteiger partial charge >= 0.3 is 0 Å². The average Bonchev–Trinajstić information content (AvgIpc) is 2.52. The fraction of sp³-hybridized carbons (Fsp3) is 0.846. The molecule has 0 radical (unpaired) electrons. The first-order valence-electron chi connectivity index (χ1n) is 7.71. The lowest BCUT2D eigenvalue weighted by Crippen LogP contribution is -2.36. The van der Waals surface area contributed by atoms with Crippen molar-refractivity contribution in [1.82, 2.24) is 4.31 Å². The van der Waals surface area contributed by atoms with E-state index in [2.05, 4.69) is 0 Å². The molecule has 0 amide bonds. The van der Waals surface area contributed by atoms with Crippen molar-refractivity contribution >= 4 is 21.8 Å². The lowest BCUT2D eigenvalue weighted by molar-refractivity contribution is -0.403. The molecular weight excluding hydrogens is 344 g/mol. The normalized spacial score (nSPS) is 24.8. The molecule has 1 atom stereocenters. The number of thioether (sulfide) groups is 1. The molecule has 0 saturated carbocycles. The van der Waals surface area contributed by atoms with Crippen LogP contribution in [0.15, 0.2) is 11.2 Å². The molecule has 0 aliphatic carbocycles. The van der Waals surface area contributed by atoms with Crippen molar-refractivity contribution in [3.05, 3.63) is 21.3 Å². The van der Waals surface area contributed by atoms with Gasteiger partial charge in [0.05, 0.1) is 17.3 Å². The van der Waals surface area contributed by atoms with Crippen molar-refractivity contribution in [2.24, 2.45) is 0 Å². The van der Waals surface area contributed by atoms with Crippen molar-refractivity contribution in [2.75, 3.05) is 31.3 Å². The Bertz CT molecular complexity index is 531. The summed E-state index contributed by atoms with van der Waals surface area (Å²) in [5.41, 5.74) is 0. The predicted molar refractivity (Wildman–Crippen MR) is 86.8 cm³/mol. The van der Waals surface area contributed by atoms with Crippen molar-refractivity contribution in [3.63, 3.8) is 0 Å². The van der Waals surface area contributed by atoms with E-state index < -0.39 is 14.9 Å². The summed E-state index contributed by atoms with van der Waals surface area (Å²) in [6.45, 7) is 1.28. The van der Waals surface area contributed by atoms with Gasteiger partial charge < -0.3 is 9.47 Å². The molecule has 0 aromatic carbocycles. The van der Waals surface area contributed by atoms with E-state index in [9.17, 15) is 18.5 Å². The summed E-state index contributed by atoms with van der Waals surface area (Å²) in [5.74, 6) is 0.600. The Morgan fingerprint density at radius 3 is 2.96 bits per heavy atom. The molecule has 0 N–H and O–H groups in total. The van der Waals surface area contributed by atoms with Crippen molar-refractivity contribution in [3.8, 4) is 0 Å². The van der Waals surface area contributed by atoms with Crippen LogP contribution in [0.25, 0.3) is 0 Å². The quantitative estimate of drug-likeness (QED) is 0.384. The van der Waals surface area contributed by atoms with Crippen molar-refractivity contribution < 1.29 is 22.8 Å². The number of hydrogen-bond acceptors (Lipinski definition) is 7. The van der Waals surface area contributed by atoms with Crippen LogP contribution in [0.5, 0.6) is 0 Å². The topological polar surface area (TPSA) is 99.0 Å². The summed E-state index contributed by atoms with van der Waals surface area (Å²) in [7, 11) is -3.56. The molecule has 0 bridgehead atoms. The third kappa shape index (κ3) is 5.94. The summed E-state index contributed by atoms with van der Waals surface area (Å²) in [5, 5.41) is 10.8. The highest BCUT2D eigenvalue weighted by Crippen LogP contribution is 2.29. The first-order valence-corrected chi connectivity index (χ1v) is 10.3. The molecule has 2 fully saturated rings. The van der Waals surface area contributed by atoms with Gasteiger partial charge in [-0.15, -0.1) is 11.8 Å². The van der Waals surface area contributed by atoms with Crippen LogP contribution < -0.4 is 0 Å². The number of rotatable bonds is 7. The summed E-state index contributed by atoms with van der Waals surface area (Å²) >= 11 is 1.20. The fourth-order valence-electron chi connectivity index (χ4n) is 2.44. The first-order chi connectivity index (χ1) is 11.0. The molecule has 2 saturated heterocycles. The highest BCUT2D eigenvalue weighted by atomic mass is 32.2. The number of nitro groups is 1. The summed E-state index contributed by atoms with van der Waals surface area (Å²) < 4.78 is 36.9. The summed E-state index contributed by atoms with van der Waals surface area (Å²) in [6.07, 6.45) is 4.50. The van der Waals surface area contributed by atoms with Gasteiger partial charge in [-0.05, 0) is 32.1 Å². The minimum atomic E-state index is -3.56. The minimum absolute atomic E-state index is 0.0880. The largest absolute Gasteiger partial charge is 0.353 e. The molecule has 1 unspecified atom stereocenters. The highest BCUT2D eigenvalue weighted by molar-refractivity contribution is 8.04. The third-order valence-electron chi connectivity index (χ3n) is 3.54. The highest BCUT2D eigenvalue weighted by Gasteiger charge is 2.29. The van der Waals surface area contributed by atoms with E-state index >= 15 is 0 Å². The SMILES string of the molecule is O=[N+]([O-])C=C1SCCCN1S(=O)(=O)CCCOC1CCCCO1. The Kier molecular flexibility index (Phi) is 7.12. The zero-order valence-corrected chi connectivity index (χ0v) is 14.5. The zero-order valence-electron chi connectivity index (χ0n) is 12.9. The maximum absolute atomic E-state index is 12.4. The van der Waals surface area contributed by atoms with Crippen LogP contribution in [0.4, 0.5) is 0 Å². The lowest BCUT2D eigenvalue weighted by atomic mass is 10.2. The van der Waals surface area contributed by atoms with Gasteiger partial charge in [0.15, 0.2) is 11.3 Å². The Morgan fingerprint density at radius 1 is 1.43 bits per heavy atom. The molecule has 132 valence electrons. The Morgan fingerprint density at radius 2 is 2.26 bits per heavy atom. The summed E-state index contributed by atoms with van der Waals surface area (Å²) in [4.78, 5) is 10.0. The van der Waals surface area contributed by atoms with Gasteiger partial charge in [0.2, 0.25) is 10.0 Å². The van der Waals surface area contributed by atoms with Gasteiger partial charge in [0.1, 0.15) is 0 Å². The summed E-state index contributed by atoms with van der Waals surface area (Å²) in [6, 6.07) is 0. The van der Waals surface area contributed by atoms with Gasteiger partial charge in [-0.3, -0.25) is 14.4 Å². The van der Waals surface area contributed by atoms with E-state index in [0.717, 1.165) is 29.8 Å². The molecule has 2 heterocycles. The molecule has 2 aliphatic rings. The van der Waals surface area contributed by atoms with Gasteiger partial charge in [-0.1, -0.05) is 0 Å². The molecule has 2 rings (SSSR count). The van der Waals surface area contributed by atoms with E-state index in [0.29, 0.717) is 38.4 Å². The Labute approximate surface area is 140 Å². The second kappa shape index (κ2) is 8.86. The van der Waals surface area contributed by atoms with Crippen LogP contribution in [0.1, 0.15) is 32.1 Å². The lowest BCUT2D eigenvalue weighted by Gasteiger charge is -2.28. The van der Waals surface area contributed by atoms with E-state index in [1.807, 2.05) is 0 Å². The van der Waals surface area contributed by atoms with E-state index in [4.69, 9.17) is 9.47 Å². The average molecular weight is 366 g/mol. The maximum atomic E-state index is 12.4. The standard InChI is InChI=1S/C13H22N2O6S2/c16-15(17)11-12-14(6-3-9-22-12)23(18,19)10-4-8-21-13-5-1-2-7-20-13/h11,13H,1-10H2. The minimum Gasteiger partial charge on any atom is -0.353 e. The third-order valence-corrected chi connectivity index (χ3v) is 6.63. The maximum Gasteiger partial charge on any atom is 0.265 e. The number of nitrogens with zero attached hydrogens (tertiary/aromatic N) is 2. The van der Waals surface area contributed by atoms with E-state index in [1.54, 1.807) is 0 Å². The first kappa shape index (κ1) is 18.5. The van der Waals surface area contributed by atoms with E-state index in [1.165, 1.54) is 11.8 Å². The smallest absolute Gasteiger partial charge is 0.265 e. The van der Waals surface area contributed by atoms with Crippen LogP contribution in [0.3, 0.4) is 0 Å². The van der Waals surface area contributed by atoms with Crippen LogP contribution in [0, 0.1) is 10.1 Å². The molecule has 10 heteroatoms. The van der Waals surface area contributed by atoms with Crippen LogP contribution in [0.2, 0.25) is 0 Å². The van der Waals surface area contributed by atoms with Crippen LogP contribution in [-0.2, 0) is 19.5 Å². The molecule has 0 spiro atoms. The van der Waals surface area contributed by atoms with Crippen molar-refractivity contribution in [2.45, 2.75) is 38.4 Å². The predicted octanol–water partition coefficient (Wildman–Crippen LogP) is 1.76. The zero-order chi connectivity index (χ0) is 16.7. The van der Waals surface area contributed by atoms with Gasteiger partial charge in [0.25, 0.3) is 6.20 Å². The van der Waals surface area contributed by atoms with Gasteiger partial charge in [-0.25, -0.2) is 8.42 Å². The Balaban J connectivity index is 1.83. The molecule has 2 aliphatic heterocycles. The number of sulfonamides is 1. The monoisotopic (exact) mass is 366 g/mol. The van der Waals surface area contributed by atoms with Gasteiger partial charge in [0, 0.05) is 18.9 Å². The van der Waals surface area contributed by atoms with Crippen LogP contribution in [-0.4, -0.2) is 55.2 Å². The molecule has 8 nitrogen and oxygen atoms in total. The van der Waals surface area contributed by atoms with E-state index in [-0.39, 0.29) is 17.1 Å². The molecule has 0 aromatic rings. The second-order valence-corrected chi connectivity index (χ2v) is 8.49. The number of hydrogen-bond donors (Lipinski definition) is 0. The second-order valence-electron chi connectivity index (χ2n) is 5.36. The molecule has 23 heavy (non-hydrogen) atoms. The fourth-order valence-corrected chi connectivity index (χ4v) is 5.25. The van der Waals surface area contributed by atoms with Crippen molar-refractivity contribution in [1.29, 1.82) is 0 Å². The Hall–Kier alpha value is -0.840. The molecule has 0 aromatic heterocycles. The molecular formula is C13H22N2O6S2. The number of ether oxygens (including phenoxy) is 2. The van der Waals surface area contributed by atoms with Crippen LogP contribution >= 0.6 is 11.8 Å². The van der Waals surface area contributed by atoms with Gasteiger partial charge in [-0.2, -0.15) is 0 Å².